The van der Waals surface area contributed by atoms with Gasteiger partial charge in [-0.15, -0.1) is 11.3 Å². The standard InChI is InChI=1S/C16H19ClFNS/c1-2-7-19-14(11-15-4-3-8-20-15)10-12-9-13(18)5-6-16(12)17/h3-6,8-9,14,19H,2,7,10-11H2,1H3. The molecule has 0 saturated heterocycles. The minimum absolute atomic E-state index is 0.227. The van der Waals surface area contributed by atoms with Crippen LogP contribution in [0.3, 0.4) is 0 Å². The molecule has 0 saturated carbocycles. The summed E-state index contributed by atoms with van der Waals surface area (Å²) in [6, 6.07) is 9.06. The van der Waals surface area contributed by atoms with E-state index in [1.165, 1.54) is 17.0 Å². The zero-order valence-corrected chi connectivity index (χ0v) is 13.1. The Labute approximate surface area is 128 Å². The number of thiophene rings is 1. The van der Waals surface area contributed by atoms with Crippen LogP contribution in [0.5, 0.6) is 0 Å². The molecule has 1 unspecified atom stereocenters. The third-order valence-electron chi connectivity index (χ3n) is 3.18. The van der Waals surface area contributed by atoms with Gasteiger partial charge >= 0.3 is 0 Å². The van der Waals surface area contributed by atoms with Crippen LogP contribution >= 0.6 is 22.9 Å². The van der Waals surface area contributed by atoms with Crippen LogP contribution in [0.4, 0.5) is 4.39 Å². The molecule has 0 bridgehead atoms. The molecule has 2 aromatic rings. The summed E-state index contributed by atoms with van der Waals surface area (Å²) in [6.07, 6.45) is 2.77. The molecule has 0 aliphatic heterocycles. The highest BCUT2D eigenvalue weighted by Gasteiger charge is 2.13. The molecule has 0 aliphatic rings. The zero-order valence-electron chi connectivity index (χ0n) is 11.5. The highest BCUT2D eigenvalue weighted by molar-refractivity contribution is 7.09. The Bertz CT molecular complexity index is 527. The molecule has 1 N–H and O–H groups in total. The number of hydrogen-bond donors (Lipinski definition) is 1. The zero-order chi connectivity index (χ0) is 14.4. The van der Waals surface area contributed by atoms with E-state index in [2.05, 4.69) is 29.8 Å². The average Bonchev–Trinajstić information content (AvgIpc) is 2.93. The van der Waals surface area contributed by atoms with Crippen LogP contribution in [-0.2, 0) is 12.8 Å². The maximum Gasteiger partial charge on any atom is 0.123 e. The molecule has 20 heavy (non-hydrogen) atoms. The molecule has 1 heterocycles. The Morgan fingerprint density at radius 1 is 1.30 bits per heavy atom. The van der Waals surface area contributed by atoms with Gasteiger partial charge in [0.1, 0.15) is 5.82 Å². The van der Waals surface area contributed by atoms with Crippen molar-refractivity contribution >= 4 is 22.9 Å². The summed E-state index contributed by atoms with van der Waals surface area (Å²) in [5.74, 6) is -0.227. The summed E-state index contributed by atoms with van der Waals surface area (Å²) in [7, 11) is 0. The first-order chi connectivity index (χ1) is 9.69. The molecule has 1 aromatic heterocycles. The second kappa shape index (κ2) is 7.77. The molecule has 0 spiro atoms. The molecule has 1 atom stereocenters. The Kier molecular flexibility index (Phi) is 6.02. The Morgan fingerprint density at radius 2 is 2.15 bits per heavy atom. The lowest BCUT2D eigenvalue weighted by Gasteiger charge is -2.18. The number of nitrogens with one attached hydrogen (secondary N) is 1. The van der Waals surface area contributed by atoms with E-state index in [-0.39, 0.29) is 11.9 Å². The third kappa shape index (κ3) is 4.58. The summed E-state index contributed by atoms with van der Waals surface area (Å²) in [5.41, 5.74) is 0.872. The first-order valence-electron chi connectivity index (χ1n) is 6.88. The first kappa shape index (κ1) is 15.5. The van der Waals surface area contributed by atoms with E-state index in [0.717, 1.165) is 31.4 Å². The molecular formula is C16H19ClFNS. The molecule has 108 valence electrons. The SMILES string of the molecule is CCCNC(Cc1cccs1)Cc1cc(F)ccc1Cl. The van der Waals surface area contributed by atoms with E-state index in [1.807, 2.05) is 0 Å². The summed E-state index contributed by atoms with van der Waals surface area (Å²) < 4.78 is 13.3. The monoisotopic (exact) mass is 311 g/mol. The molecule has 1 nitrogen and oxygen atoms in total. The van der Waals surface area contributed by atoms with Gasteiger partial charge in [0.05, 0.1) is 0 Å². The van der Waals surface area contributed by atoms with Gasteiger partial charge in [-0.3, -0.25) is 0 Å². The lowest BCUT2D eigenvalue weighted by Crippen LogP contribution is -2.33. The number of benzene rings is 1. The van der Waals surface area contributed by atoms with Crippen molar-refractivity contribution in [2.75, 3.05) is 6.54 Å². The fourth-order valence-electron chi connectivity index (χ4n) is 2.20. The van der Waals surface area contributed by atoms with Crippen molar-refractivity contribution < 1.29 is 4.39 Å². The van der Waals surface area contributed by atoms with Gasteiger partial charge in [-0.2, -0.15) is 0 Å². The Balaban J connectivity index is 2.08. The second-order valence-corrected chi connectivity index (χ2v) is 6.31. The van der Waals surface area contributed by atoms with E-state index in [0.29, 0.717) is 5.02 Å². The van der Waals surface area contributed by atoms with Gasteiger partial charge in [-0.25, -0.2) is 4.39 Å². The van der Waals surface area contributed by atoms with E-state index in [9.17, 15) is 4.39 Å². The van der Waals surface area contributed by atoms with Crippen molar-refractivity contribution in [2.45, 2.75) is 32.2 Å². The van der Waals surface area contributed by atoms with Crippen LogP contribution in [0.2, 0.25) is 5.02 Å². The van der Waals surface area contributed by atoms with Gasteiger partial charge in [0.15, 0.2) is 0 Å². The molecule has 4 heteroatoms. The third-order valence-corrected chi connectivity index (χ3v) is 4.45. The van der Waals surface area contributed by atoms with Crippen molar-refractivity contribution in [3.63, 3.8) is 0 Å². The predicted octanol–water partition coefficient (Wildman–Crippen LogP) is 4.69. The summed E-state index contributed by atoms with van der Waals surface area (Å²) in [4.78, 5) is 1.34. The van der Waals surface area contributed by atoms with Gasteiger partial charge in [0, 0.05) is 15.9 Å². The molecule has 0 fully saturated rings. The van der Waals surface area contributed by atoms with Gasteiger partial charge in [-0.05, 0) is 61.0 Å². The lowest BCUT2D eigenvalue weighted by molar-refractivity contribution is 0.506. The molecular weight excluding hydrogens is 293 g/mol. The van der Waals surface area contributed by atoms with Crippen LogP contribution in [-0.4, -0.2) is 12.6 Å². The second-order valence-electron chi connectivity index (χ2n) is 4.87. The van der Waals surface area contributed by atoms with Crippen molar-refractivity contribution in [2.24, 2.45) is 0 Å². The van der Waals surface area contributed by atoms with Crippen LogP contribution in [0.25, 0.3) is 0 Å². The Morgan fingerprint density at radius 3 is 2.85 bits per heavy atom. The van der Waals surface area contributed by atoms with Crippen molar-refractivity contribution in [1.82, 2.24) is 5.32 Å². The van der Waals surface area contributed by atoms with E-state index in [4.69, 9.17) is 11.6 Å². The van der Waals surface area contributed by atoms with Crippen molar-refractivity contribution in [1.29, 1.82) is 0 Å². The Hall–Kier alpha value is -0.900. The predicted molar refractivity (Wildman–Crippen MR) is 85.2 cm³/mol. The topological polar surface area (TPSA) is 12.0 Å². The fourth-order valence-corrected chi connectivity index (χ4v) is 3.18. The maximum absolute atomic E-state index is 13.3. The van der Waals surface area contributed by atoms with Crippen LogP contribution in [0.15, 0.2) is 35.7 Å². The van der Waals surface area contributed by atoms with Crippen LogP contribution < -0.4 is 5.32 Å². The summed E-state index contributed by atoms with van der Waals surface area (Å²) in [5, 5.41) is 6.25. The lowest BCUT2D eigenvalue weighted by atomic mass is 10.0. The minimum Gasteiger partial charge on any atom is -0.313 e. The fraction of sp³-hybridized carbons (Fsp3) is 0.375. The number of halogens is 2. The van der Waals surface area contributed by atoms with Crippen LogP contribution in [0, 0.1) is 5.82 Å². The maximum atomic E-state index is 13.3. The molecule has 1 aromatic carbocycles. The van der Waals surface area contributed by atoms with Crippen LogP contribution in [0.1, 0.15) is 23.8 Å². The van der Waals surface area contributed by atoms with Crippen molar-refractivity contribution in [3.05, 3.63) is 57.0 Å². The van der Waals surface area contributed by atoms with E-state index >= 15 is 0 Å². The van der Waals surface area contributed by atoms with Gasteiger partial charge < -0.3 is 5.32 Å². The number of rotatable bonds is 7. The van der Waals surface area contributed by atoms with E-state index in [1.54, 1.807) is 17.4 Å². The average molecular weight is 312 g/mol. The summed E-state index contributed by atoms with van der Waals surface area (Å²) >= 11 is 7.92. The van der Waals surface area contributed by atoms with Gasteiger partial charge in [0.2, 0.25) is 0 Å². The van der Waals surface area contributed by atoms with Crippen molar-refractivity contribution in [3.8, 4) is 0 Å². The highest BCUT2D eigenvalue weighted by Crippen LogP contribution is 2.21. The quantitative estimate of drug-likeness (QED) is 0.782. The highest BCUT2D eigenvalue weighted by atomic mass is 35.5. The minimum atomic E-state index is -0.227. The summed E-state index contributed by atoms with van der Waals surface area (Å²) in [6.45, 7) is 3.10. The molecule has 2 rings (SSSR count). The first-order valence-corrected chi connectivity index (χ1v) is 8.14. The smallest absolute Gasteiger partial charge is 0.123 e. The number of hydrogen-bond acceptors (Lipinski definition) is 2. The van der Waals surface area contributed by atoms with E-state index < -0.39 is 0 Å². The van der Waals surface area contributed by atoms with Gasteiger partial charge in [-0.1, -0.05) is 24.6 Å². The van der Waals surface area contributed by atoms with Gasteiger partial charge in [0.25, 0.3) is 0 Å². The normalized spacial score (nSPS) is 12.6. The molecule has 0 radical (unpaired) electrons. The largest absolute Gasteiger partial charge is 0.313 e. The molecule has 0 amide bonds. The molecule has 0 aliphatic carbocycles.